The van der Waals surface area contributed by atoms with Gasteiger partial charge in [-0.3, -0.25) is 9.69 Å². The first kappa shape index (κ1) is 13.5. The van der Waals surface area contributed by atoms with Gasteiger partial charge in [0.15, 0.2) is 0 Å². The fourth-order valence-corrected chi connectivity index (χ4v) is 2.48. The van der Waals surface area contributed by atoms with Gasteiger partial charge in [0.25, 0.3) is 0 Å². The molecule has 1 fully saturated rings. The third-order valence-corrected chi connectivity index (χ3v) is 3.67. The van der Waals surface area contributed by atoms with E-state index in [2.05, 4.69) is 30.6 Å². The number of rotatable bonds is 5. The van der Waals surface area contributed by atoms with Crippen molar-refractivity contribution in [2.75, 3.05) is 26.2 Å². The topological polar surface area (TPSA) is 23.6 Å². The Balaban J connectivity index is 2.50. The molecule has 0 N–H and O–H groups in total. The molecule has 94 valence electrons. The van der Waals surface area contributed by atoms with Crippen LogP contribution in [0.4, 0.5) is 0 Å². The largest absolute Gasteiger partial charge is 0.339 e. The molecule has 0 saturated carbocycles. The quantitative estimate of drug-likeness (QED) is 0.717. The second-order valence-corrected chi connectivity index (χ2v) is 4.61. The van der Waals surface area contributed by atoms with Crippen molar-refractivity contribution in [2.45, 2.75) is 52.5 Å². The lowest BCUT2D eigenvalue weighted by Gasteiger charge is -2.36. The molecule has 16 heavy (non-hydrogen) atoms. The first-order valence-corrected chi connectivity index (χ1v) is 6.74. The minimum Gasteiger partial charge on any atom is -0.339 e. The van der Waals surface area contributed by atoms with Crippen molar-refractivity contribution in [2.24, 2.45) is 0 Å². The molecule has 3 heteroatoms. The highest BCUT2D eigenvalue weighted by Gasteiger charge is 2.25. The average molecular weight is 226 g/mol. The van der Waals surface area contributed by atoms with Gasteiger partial charge in [-0.1, -0.05) is 20.8 Å². The predicted molar refractivity (Wildman–Crippen MR) is 67.4 cm³/mol. The zero-order valence-electron chi connectivity index (χ0n) is 11.0. The van der Waals surface area contributed by atoms with Gasteiger partial charge in [-0.15, -0.1) is 0 Å². The number of hydrogen-bond acceptors (Lipinski definition) is 2. The van der Waals surface area contributed by atoms with Crippen LogP contribution < -0.4 is 0 Å². The lowest BCUT2D eigenvalue weighted by Crippen LogP contribution is -2.47. The SMILES string of the molecule is CCC1CCCCN1C(=O)CN(CC)CC. The van der Waals surface area contributed by atoms with Crippen molar-refractivity contribution in [1.29, 1.82) is 0 Å². The minimum atomic E-state index is 0.329. The van der Waals surface area contributed by atoms with E-state index in [1.165, 1.54) is 19.3 Å². The van der Waals surface area contributed by atoms with Crippen molar-refractivity contribution in [3.05, 3.63) is 0 Å². The predicted octanol–water partition coefficient (Wildman–Crippen LogP) is 2.12. The third kappa shape index (κ3) is 3.48. The number of carbonyl (C=O) groups is 1. The van der Waals surface area contributed by atoms with E-state index in [0.29, 0.717) is 18.5 Å². The maximum absolute atomic E-state index is 12.2. The van der Waals surface area contributed by atoms with Crippen molar-refractivity contribution in [3.8, 4) is 0 Å². The highest BCUT2D eigenvalue weighted by molar-refractivity contribution is 5.78. The molecule has 1 aliphatic heterocycles. The second kappa shape index (κ2) is 6.89. The zero-order valence-corrected chi connectivity index (χ0v) is 11.0. The van der Waals surface area contributed by atoms with E-state index in [0.717, 1.165) is 26.1 Å². The molecule has 0 aliphatic carbocycles. The summed E-state index contributed by atoms with van der Waals surface area (Å²) in [5, 5.41) is 0. The molecule has 0 radical (unpaired) electrons. The van der Waals surface area contributed by atoms with Crippen molar-refractivity contribution < 1.29 is 4.79 Å². The van der Waals surface area contributed by atoms with Crippen LogP contribution in [0.25, 0.3) is 0 Å². The Labute approximate surface area is 99.8 Å². The molecular formula is C13H26N2O. The van der Waals surface area contributed by atoms with E-state index in [1.807, 2.05) is 0 Å². The summed E-state index contributed by atoms with van der Waals surface area (Å²) in [7, 11) is 0. The van der Waals surface area contributed by atoms with Crippen LogP contribution in [-0.4, -0.2) is 47.9 Å². The monoisotopic (exact) mass is 226 g/mol. The summed E-state index contributed by atoms with van der Waals surface area (Å²) in [6.45, 7) is 9.92. The van der Waals surface area contributed by atoms with Crippen LogP contribution in [0.3, 0.4) is 0 Å². The molecular weight excluding hydrogens is 200 g/mol. The van der Waals surface area contributed by atoms with Crippen LogP contribution >= 0.6 is 0 Å². The average Bonchev–Trinajstić information content (AvgIpc) is 2.35. The Bertz CT molecular complexity index is 214. The number of piperidine rings is 1. The van der Waals surface area contributed by atoms with E-state index in [9.17, 15) is 4.79 Å². The molecule has 1 unspecified atom stereocenters. The van der Waals surface area contributed by atoms with Gasteiger partial charge in [0.05, 0.1) is 6.54 Å². The van der Waals surface area contributed by atoms with Gasteiger partial charge in [-0.2, -0.15) is 0 Å². The zero-order chi connectivity index (χ0) is 12.0. The van der Waals surface area contributed by atoms with E-state index in [-0.39, 0.29) is 0 Å². The summed E-state index contributed by atoms with van der Waals surface area (Å²) in [5.74, 6) is 0.329. The molecule has 0 bridgehead atoms. The van der Waals surface area contributed by atoms with Crippen LogP contribution in [0.15, 0.2) is 0 Å². The van der Waals surface area contributed by atoms with Gasteiger partial charge in [0.2, 0.25) is 5.91 Å². The lowest BCUT2D eigenvalue weighted by molar-refractivity contribution is -0.136. The number of carbonyl (C=O) groups excluding carboxylic acids is 1. The summed E-state index contributed by atoms with van der Waals surface area (Å²) in [4.78, 5) is 16.5. The summed E-state index contributed by atoms with van der Waals surface area (Å²) in [5.41, 5.74) is 0. The second-order valence-electron chi connectivity index (χ2n) is 4.61. The summed E-state index contributed by atoms with van der Waals surface area (Å²) in [6, 6.07) is 0.497. The minimum absolute atomic E-state index is 0.329. The van der Waals surface area contributed by atoms with Crippen LogP contribution in [0.2, 0.25) is 0 Å². The van der Waals surface area contributed by atoms with E-state index < -0.39 is 0 Å². The van der Waals surface area contributed by atoms with Crippen LogP contribution in [0.5, 0.6) is 0 Å². The molecule has 0 aromatic rings. The number of likely N-dealkylation sites (N-methyl/N-ethyl adjacent to an activating group) is 1. The third-order valence-electron chi connectivity index (χ3n) is 3.67. The van der Waals surface area contributed by atoms with Crippen LogP contribution in [0, 0.1) is 0 Å². The number of likely N-dealkylation sites (tertiary alicyclic amines) is 1. The molecule has 1 aliphatic rings. The Morgan fingerprint density at radius 3 is 2.50 bits per heavy atom. The fraction of sp³-hybridized carbons (Fsp3) is 0.923. The normalized spacial score (nSPS) is 21.5. The molecule has 0 aromatic carbocycles. The maximum Gasteiger partial charge on any atom is 0.236 e. The molecule has 3 nitrogen and oxygen atoms in total. The number of hydrogen-bond donors (Lipinski definition) is 0. The molecule has 0 aromatic heterocycles. The van der Waals surface area contributed by atoms with Gasteiger partial charge in [0.1, 0.15) is 0 Å². The van der Waals surface area contributed by atoms with E-state index in [1.54, 1.807) is 0 Å². The molecule has 1 rings (SSSR count). The fourth-order valence-electron chi connectivity index (χ4n) is 2.48. The molecule has 1 heterocycles. The Kier molecular flexibility index (Phi) is 5.81. The Morgan fingerprint density at radius 1 is 1.25 bits per heavy atom. The standard InChI is InChI=1S/C13H26N2O/c1-4-12-9-7-8-10-15(12)13(16)11-14(5-2)6-3/h12H,4-11H2,1-3H3. The van der Waals surface area contributed by atoms with Crippen molar-refractivity contribution in [3.63, 3.8) is 0 Å². The maximum atomic E-state index is 12.2. The van der Waals surface area contributed by atoms with E-state index >= 15 is 0 Å². The Hall–Kier alpha value is -0.570. The first-order chi connectivity index (χ1) is 7.72. The highest BCUT2D eigenvalue weighted by Crippen LogP contribution is 2.19. The van der Waals surface area contributed by atoms with E-state index in [4.69, 9.17) is 0 Å². The van der Waals surface area contributed by atoms with Gasteiger partial charge in [-0.05, 0) is 38.8 Å². The molecule has 0 spiro atoms. The van der Waals surface area contributed by atoms with Gasteiger partial charge in [0, 0.05) is 12.6 Å². The highest BCUT2D eigenvalue weighted by atomic mass is 16.2. The number of amides is 1. The van der Waals surface area contributed by atoms with Gasteiger partial charge in [-0.25, -0.2) is 0 Å². The smallest absolute Gasteiger partial charge is 0.236 e. The van der Waals surface area contributed by atoms with Crippen LogP contribution in [0.1, 0.15) is 46.5 Å². The summed E-state index contributed by atoms with van der Waals surface area (Å²) >= 11 is 0. The molecule has 1 atom stereocenters. The molecule has 1 amide bonds. The van der Waals surface area contributed by atoms with Crippen molar-refractivity contribution in [1.82, 2.24) is 9.80 Å². The van der Waals surface area contributed by atoms with Gasteiger partial charge < -0.3 is 4.90 Å². The molecule has 1 saturated heterocycles. The van der Waals surface area contributed by atoms with Gasteiger partial charge >= 0.3 is 0 Å². The summed E-state index contributed by atoms with van der Waals surface area (Å²) < 4.78 is 0. The first-order valence-electron chi connectivity index (χ1n) is 6.74. The Morgan fingerprint density at radius 2 is 1.94 bits per heavy atom. The lowest BCUT2D eigenvalue weighted by atomic mass is 10.00. The summed E-state index contributed by atoms with van der Waals surface area (Å²) in [6.07, 6.45) is 4.76. The number of nitrogens with zero attached hydrogens (tertiary/aromatic N) is 2. The van der Waals surface area contributed by atoms with Crippen molar-refractivity contribution >= 4 is 5.91 Å². The van der Waals surface area contributed by atoms with Crippen LogP contribution in [-0.2, 0) is 4.79 Å².